The standard InChI is InChI=1S/C15H25N3O2S.2ClH/c1-3-12-10(2)21-13(18-12)4-7-17-15(19)14(16)11-5-8-20-9-6-11;;/h11,14H,3-9,16H2,1-2H3,(H,17,19);2*1H. The molecule has 0 spiro atoms. The molecule has 1 aromatic heterocycles. The third-order valence-corrected chi connectivity index (χ3v) is 5.06. The third kappa shape index (κ3) is 6.55. The minimum Gasteiger partial charge on any atom is -0.381 e. The number of nitrogens with one attached hydrogen (secondary N) is 1. The fourth-order valence-corrected chi connectivity index (χ4v) is 3.64. The lowest BCUT2D eigenvalue weighted by molar-refractivity contribution is -0.124. The van der Waals surface area contributed by atoms with Gasteiger partial charge in [0.05, 0.1) is 16.7 Å². The lowest BCUT2D eigenvalue weighted by Gasteiger charge is -2.26. The third-order valence-electron chi connectivity index (χ3n) is 3.99. The number of hydrogen-bond acceptors (Lipinski definition) is 5. The molecule has 0 radical (unpaired) electrons. The molecule has 0 saturated carbocycles. The average Bonchev–Trinajstić information content (AvgIpc) is 2.87. The number of amides is 1. The van der Waals surface area contributed by atoms with Gasteiger partial charge in [-0.1, -0.05) is 6.92 Å². The molecule has 1 aromatic rings. The van der Waals surface area contributed by atoms with Crippen molar-refractivity contribution in [2.45, 2.75) is 45.6 Å². The van der Waals surface area contributed by atoms with Crippen molar-refractivity contribution in [3.8, 4) is 0 Å². The quantitative estimate of drug-likeness (QED) is 0.789. The number of nitrogens with zero attached hydrogens (tertiary/aromatic N) is 1. The van der Waals surface area contributed by atoms with Crippen LogP contribution in [0.2, 0.25) is 0 Å². The highest BCUT2D eigenvalue weighted by Crippen LogP contribution is 2.19. The van der Waals surface area contributed by atoms with Crippen LogP contribution in [0.3, 0.4) is 0 Å². The van der Waals surface area contributed by atoms with E-state index in [9.17, 15) is 4.79 Å². The van der Waals surface area contributed by atoms with E-state index in [0.717, 1.165) is 30.7 Å². The molecular weight excluding hydrogens is 357 g/mol. The minimum atomic E-state index is -0.418. The Morgan fingerprint density at radius 1 is 1.43 bits per heavy atom. The molecule has 0 aromatic carbocycles. The van der Waals surface area contributed by atoms with E-state index < -0.39 is 6.04 Å². The van der Waals surface area contributed by atoms with Crippen LogP contribution in [-0.4, -0.2) is 36.7 Å². The number of halogens is 2. The molecule has 23 heavy (non-hydrogen) atoms. The van der Waals surface area contributed by atoms with Crippen LogP contribution in [0.5, 0.6) is 0 Å². The number of ether oxygens (including phenoxy) is 1. The zero-order valence-electron chi connectivity index (χ0n) is 13.7. The summed E-state index contributed by atoms with van der Waals surface area (Å²) < 4.78 is 5.30. The summed E-state index contributed by atoms with van der Waals surface area (Å²) in [6, 6.07) is -0.418. The smallest absolute Gasteiger partial charge is 0.237 e. The highest BCUT2D eigenvalue weighted by molar-refractivity contribution is 7.11. The van der Waals surface area contributed by atoms with E-state index in [2.05, 4.69) is 24.1 Å². The summed E-state index contributed by atoms with van der Waals surface area (Å²) in [5.41, 5.74) is 7.21. The summed E-state index contributed by atoms with van der Waals surface area (Å²) >= 11 is 1.72. The molecule has 1 unspecified atom stereocenters. The first-order chi connectivity index (χ1) is 10.1. The molecule has 2 rings (SSSR count). The molecule has 134 valence electrons. The van der Waals surface area contributed by atoms with Gasteiger partial charge >= 0.3 is 0 Å². The van der Waals surface area contributed by atoms with Gasteiger partial charge in [0.25, 0.3) is 0 Å². The van der Waals surface area contributed by atoms with Gasteiger partial charge in [0.2, 0.25) is 5.91 Å². The SMILES string of the molecule is CCc1nc(CCNC(=O)C(N)C2CCOCC2)sc1C.Cl.Cl. The molecule has 1 saturated heterocycles. The predicted octanol–water partition coefficient (Wildman–Crippen LogP) is 2.27. The van der Waals surface area contributed by atoms with Crippen molar-refractivity contribution in [3.05, 3.63) is 15.6 Å². The van der Waals surface area contributed by atoms with E-state index in [1.165, 1.54) is 10.6 Å². The fourth-order valence-electron chi connectivity index (χ4n) is 2.62. The Morgan fingerprint density at radius 2 is 2.09 bits per heavy atom. The Kier molecular flexibility index (Phi) is 11.0. The van der Waals surface area contributed by atoms with Gasteiger partial charge in [-0.3, -0.25) is 4.79 Å². The van der Waals surface area contributed by atoms with Crippen LogP contribution < -0.4 is 11.1 Å². The van der Waals surface area contributed by atoms with Gasteiger partial charge in [0.1, 0.15) is 0 Å². The molecule has 1 aliphatic heterocycles. The number of nitrogens with two attached hydrogens (primary N) is 1. The highest BCUT2D eigenvalue weighted by Gasteiger charge is 2.26. The van der Waals surface area contributed by atoms with Crippen molar-refractivity contribution in [1.29, 1.82) is 0 Å². The minimum absolute atomic E-state index is 0. The number of aryl methyl sites for hydroxylation is 2. The Labute approximate surface area is 154 Å². The fraction of sp³-hybridized carbons (Fsp3) is 0.733. The van der Waals surface area contributed by atoms with Crippen molar-refractivity contribution in [3.63, 3.8) is 0 Å². The average molecular weight is 384 g/mol. The van der Waals surface area contributed by atoms with Crippen LogP contribution in [0, 0.1) is 12.8 Å². The summed E-state index contributed by atoms with van der Waals surface area (Å²) in [7, 11) is 0. The summed E-state index contributed by atoms with van der Waals surface area (Å²) in [5.74, 6) is 0.193. The molecule has 0 aliphatic carbocycles. The van der Waals surface area contributed by atoms with E-state index in [1.54, 1.807) is 11.3 Å². The van der Waals surface area contributed by atoms with Gasteiger partial charge in [0.15, 0.2) is 0 Å². The maximum Gasteiger partial charge on any atom is 0.237 e. The zero-order chi connectivity index (χ0) is 15.2. The Bertz CT molecular complexity index is 479. The molecule has 3 N–H and O–H groups in total. The Balaban J connectivity index is 0.00000242. The number of carbonyl (C=O) groups excluding carboxylic acids is 1. The van der Waals surface area contributed by atoms with Gasteiger partial charge in [-0.2, -0.15) is 0 Å². The molecule has 1 fully saturated rings. The van der Waals surface area contributed by atoms with E-state index in [-0.39, 0.29) is 36.6 Å². The molecule has 1 atom stereocenters. The maximum absolute atomic E-state index is 12.1. The molecular formula is C15H27Cl2N3O2S. The second-order valence-corrected chi connectivity index (χ2v) is 6.77. The maximum atomic E-state index is 12.1. The number of hydrogen-bond donors (Lipinski definition) is 2. The van der Waals surface area contributed by atoms with Crippen molar-refractivity contribution in [1.82, 2.24) is 10.3 Å². The second kappa shape index (κ2) is 11.2. The van der Waals surface area contributed by atoms with Crippen LogP contribution in [0.25, 0.3) is 0 Å². The highest BCUT2D eigenvalue weighted by atomic mass is 35.5. The normalized spacial score (nSPS) is 16.1. The molecule has 5 nitrogen and oxygen atoms in total. The van der Waals surface area contributed by atoms with Crippen molar-refractivity contribution >= 4 is 42.1 Å². The van der Waals surface area contributed by atoms with Crippen LogP contribution in [0.1, 0.15) is 35.3 Å². The van der Waals surface area contributed by atoms with Gasteiger partial charge in [-0.05, 0) is 32.1 Å². The van der Waals surface area contributed by atoms with Crippen LogP contribution in [-0.2, 0) is 22.4 Å². The topological polar surface area (TPSA) is 77.2 Å². The van der Waals surface area contributed by atoms with Gasteiger partial charge in [0, 0.05) is 31.1 Å². The van der Waals surface area contributed by atoms with Gasteiger partial charge < -0.3 is 15.8 Å². The van der Waals surface area contributed by atoms with Crippen molar-refractivity contribution < 1.29 is 9.53 Å². The first-order valence-corrected chi connectivity index (χ1v) is 8.49. The molecule has 0 bridgehead atoms. The second-order valence-electron chi connectivity index (χ2n) is 5.48. The van der Waals surface area contributed by atoms with E-state index in [0.29, 0.717) is 19.8 Å². The molecule has 2 heterocycles. The van der Waals surface area contributed by atoms with Crippen LogP contribution in [0.15, 0.2) is 0 Å². The summed E-state index contributed by atoms with van der Waals surface area (Å²) in [6.07, 6.45) is 3.49. The predicted molar refractivity (Wildman–Crippen MR) is 99.0 cm³/mol. The lowest BCUT2D eigenvalue weighted by Crippen LogP contribution is -2.47. The van der Waals surface area contributed by atoms with Crippen molar-refractivity contribution in [2.75, 3.05) is 19.8 Å². The summed E-state index contributed by atoms with van der Waals surface area (Å²) in [5, 5.41) is 4.02. The number of thiazole rings is 1. The van der Waals surface area contributed by atoms with Gasteiger partial charge in [-0.25, -0.2) is 4.98 Å². The summed E-state index contributed by atoms with van der Waals surface area (Å²) in [4.78, 5) is 17.9. The molecule has 1 amide bonds. The van der Waals surface area contributed by atoms with Gasteiger partial charge in [-0.15, -0.1) is 36.2 Å². The van der Waals surface area contributed by atoms with E-state index in [1.807, 2.05) is 0 Å². The Hall–Kier alpha value is -0.400. The van der Waals surface area contributed by atoms with Crippen molar-refractivity contribution in [2.24, 2.45) is 11.7 Å². The first kappa shape index (κ1) is 22.6. The lowest BCUT2D eigenvalue weighted by atomic mass is 9.92. The number of carbonyl (C=O) groups is 1. The Morgan fingerprint density at radius 3 is 2.65 bits per heavy atom. The number of rotatable bonds is 6. The molecule has 1 aliphatic rings. The summed E-state index contributed by atoms with van der Waals surface area (Å²) in [6.45, 7) is 6.24. The monoisotopic (exact) mass is 383 g/mol. The zero-order valence-corrected chi connectivity index (χ0v) is 16.1. The van der Waals surface area contributed by atoms with Crippen LogP contribution >= 0.6 is 36.2 Å². The first-order valence-electron chi connectivity index (χ1n) is 7.68. The largest absolute Gasteiger partial charge is 0.381 e. The van der Waals surface area contributed by atoms with Crippen LogP contribution in [0.4, 0.5) is 0 Å². The number of aromatic nitrogens is 1. The van der Waals surface area contributed by atoms with E-state index in [4.69, 9.17) is 10.5 Å². The molecule has 8 heteroatoms. The van der Waals surface area contributed by atoms with E-state index >= 15 is 0 Å².